The Morgan fingerprint density at radius 2 is 1.88 bits per heavy atom. The van der Waals surface area contributed by atoms with Crippen molar-refractivity contribution in [2.45, 2.75) is 78.2 Å². The van der Waals surface area contributed by atoms with Crippen LogP contribution in [-0.2, 0) is 24.0 Å². The van der Waals surface area contributed by atoms with Crippen molar-refractivity contribution in [3.63, 3.8) is 0 Å². The number of hydrogen-bond donors (Lipinski definition) is 1. The lowest BCUT2D eigenvalue weighted by molar-refractivity contribution is -0.145. The summed E-state index contributed by atoms with van der Waals surface area (Å²) in [7, 11) is 0. The van der Waals surface area contributed by atoms with Crippen LogP contribution in [0.5, 0.6) is 0 Å². The summed E-state index contributed by atoms with van der Waals surface area (Å²) < 4.78 is 44.6. The van der Waals surface area contributed by atoms with Crippen LogP contribution >= 0.6 is 0 Å². The monoisotopic (exact) mass is 350 g/mol. The Morgan fingerprint density at radius 1 is 1.21 bits per heavy atom. The number of ether oxygens (including phenoxy) is 1. The Bertz CT molecular complexity index is 536. The van der Waals surface area contributed by atoms with Gasteiger partial charge in [0.1, 0.15) is 11.4 Å². The fourth-order valence-electron chi connectivity index (χ4n) is 1.96. The van der Waals surface area contributed by atoms with Crippen LogP contribution in [0.3, 0.4) is 0 Å². The minimum Gasteiger partial charge on any atom is -0.444 e. The van der Waals surface area contributed by atoms with Gasteiger partial charge in [0, 0.05) is 6.54 Å². The maximum absolute atomic E-state index is 12.8. The summed E-state index contributed by atoms with van der Waals surface area (Å²) in [6.45, 7) is 7.30. The van der Waals surface area contributed by atoms with Gasteiger partial charge >= 0.3 is 12.3 Å². The average molecular weight is 350 g/mol. The number of hydrogen-bond acceptors (Lipinski definition) is 4. The van der Waals surface area contributed by atoms with Crippen molar-refractivity contribution in [1.82, 2.24) is 20.1 Å². The lowest BCUT2D eigenvalue weighted by atomic mass is 10.2. The predicted molar refractivity (Wildman–Crippen MR) is 82.2 cm³/mol. The molecule has 1 heterocycles. The molecule has 1 aromatic rings. The Kier molecular flexibility index (Phi) is 7.04. The molecule has 0 aliphatic carbocycles. The topological polar surface area (TPSA) is 69.0 Å². The van der Waals surface area contributed by atoms with Gasteiger partial charge in [0.25, 0.3) is 5.82 Å². The molecule has 0 spiro atoms. The number of alkyl carbamates (subject to hydrolysis) is 1. The highest BCUT2D eigenvalue weighted by Crippen LogP contribution is 2.26. The molecule has 0 bridgehead atoms. The first-order valence-electron chi connectivity index (χ1n) is 8.00. The van der Waals surface area contributed by atoms with Gasteiger partial charge in [-0.3, -0.25) is 0 Å². The van der Waals surface area contributed by atoms with Gasteiger partial charge in [-0.1, -0.05) is 26.2 Å². The van der Waals surface area contributed by atoms with Crippen LogP contribution in [0.1, 0.15) is 65.0 Å². The van der Waals surface area contributed by atoms with Crippen molar-refractivity contribution in [3.05, 3.63) is 11.6 Å². The number of amides is 1. The van der Waals surface area contributed by atoms with E-state index in [0.717, 1.165) is 19.3 Å². The number of aryl methyl sites for hydroxylation is 1. The van der Waals surface area contributed by atoms with Crippen LogP contribution < -0.4 is 5.32 Å². The van der Waals surface area contributed by atoms with Crippen LogP contribution in [0.4, 0.5) is 18.0 Å². The minimum atomic E-state index is -4.62. The molecule has 0 aromatic carbocycles. The summed E-state index contributed by atoms with van der Waals surface area (Å²) in [5.74, 6) is -1.14. The van der Waals surface area contributed by atoms with Gasteiger partial charge in [-0.05, 0) is 27.2 Å². The highest BCUT2D eigenvalue weighted by atomic mass is 19.4. The van der Waals surface area contributed by atoms with Crippen LogP contribution in [0, 0.1) is 0 Å². The standard InChI is InChI=1S/C15H25F3N4O2/c1-5-6-7-8-9-22-11(20-12(21-22)15(16,17)18)10-19-13(23)24-14(2,3)4/h5-10H2,1-4H3,(H,19,23). The number of carbonyl (C=O) groups excluding carboxylic acids is 1. The zero-order valence-electron chi connectivity index (χ0n) is 14.5. The number of alkyl halides is 3. The van der Waals surface area contributed by atoms with E-state index in [4.69, 9.17) is 4.74 Å². The van der Waals surface area contributed by atoms with E-state index in [2.05, 4.69) is 15.4 Å². The van der Waals surface area contributed by atoms with Gasteiger partial charge in [0.2, 0.25) is 0 Å². The number of aromatic nitrogens is 3. The molecular weight excluding hydrogens is 325 g/mol. The molecule has 0 radical (unpaired) electrons. The average Bonchev–Trinajstić information content (AvgIpc) is 2.83. The summed E-state index contributed by atoms with van der Waals surface area (Å²) in [6.07, 6.45) is -1.69. The summed E-state index contributed by atoms with van der Waals surface area (Å²) in [5.41, 5.74) is -0.685. The van der Waals surface area contributed by atoms with Gasteiger partial charge < -0.3 is 10.1 Å². The van der Waals surface area contributed by atoms with E-state index in [-0.39, 0.29) is 12.4 Å². The Hall–Kier alpha value is -1.80. The fraction of sp³-hybridized carbons (Fsp3) is 0.800. The zero-order valence-corrected chi connectivity index (χ0v) is 14.5. The van der Waals surface area contributed by atoms with E-state index in [9.17, 15) is 18.0 Å². The second kappa shape index (κ2) is 8.34. The first-order valence-corrected chi connectivity index (χ1v) is 8.00. The third-order valence-electron chi connectivity index (χ3n) is 3.02. The molecule has 0 aliphatic heterocycles. The molecule has 1 rings (SSSR count). The molecule has 6 nitrogen and oxygen atoms in total. The molecule has 1 amide bonds. The summed E-state index contributed by atoms with van der Waals surface area (Å²) >= 11 is 0. The van der Waals surface area contributed by atoms with E-state index < -0.39 is 23.7 Å². The predicted octanol–water partition coefficient (Wildman–Crippen LogP) is 3.90. The summed E-state index contributed by atoms with van der Waals surface area (Å²) in [6, 6.07) is 0. The number of nitrogens with zero attached hydrogens (tertiary/aromatic N) is 3. The quantitative estimate of drug-likeness (QED) is 0.757. The summed E-state index contributed by atoms with van der Waals surface area (Å²) in [4.78, 5) is 15.1. The number of rotatable bonds is 7. The van der Waals surface area contributed by atoms with Crippen LogP contribution in [-0.4, -0.2) is 26.5 Å². The molecule has 1 aromatic heterocycles. The Morgan fingerprint density at radius 3 is 2.42 bits per heavy atom. The van der Waals surface area contributed by atoms with Crippen LogP contribution in [0.25, 0.3) is 0 Å². The Labute approximate surface area is 139 Å². The molecule has 0 unspecified atom stereocenters. The smallest absolute Gasteiger partial charge is 0.444 e. The lowest BCUT2D eigenvalue weighted by Gasteiger charge is -2.19. The molecule has 138 valence electrons. The number of nitrogens with one attached hydrogen (secondary N) is 1. The number of carbonyl (C=O) groups is 1. The van der Waals surface area contributed by atoms with Crippen molar-refractivity contribution in [2.24, 2.45) is 0 Å². The highest BCUT2D eigenvalue weighted by Gasteiger charge is 2.37. The van der Waals surface area contributed by atoms with Crippen LogP contribution in [0.15, 0.2) is 0 Å². The SMILES string of the molecule is CCCCCCn1nc(C(F)(F)F)nc1CNC(=O)OC(C)(C)C. The molecule has 0 saturated heterocycles. The van der Waals surface area contributed by atoms with E-state index in [1.807, 2.05) is 6.92 Å². The number of halogens is 3. The zero-order chi connectivity index (χ0) is 18.4. The van der Waals surface area contributed by atoms with Crippen molar-refractivity contribution in [2.75, 3.05) is 0 Å². The van der Waals surface area contributed by atoms with E-state index in [1.165, 1.54) is 4.68 Å². The van der Waals surface area contributed by atoms with Gasteiger partial charge in [0.05, 0.1) is 6.54 Å². The molecule has 0 saturated carbocycles. The molecular formula is C15H25F3N4O2. The fourth-order valence-corrected chi connectivity index (χ4v) is 1.96. The van der Waals surface area contributed by atoms with Gasteiger partial charge in [-0.15, -0.1) is 5.10 Å². The third-order valence-corrected chi connectivity index (χ3v) is 3.02. The van der Waals surface area contributed by atoms with Gasteiger partial charge in [0.15, 0.2) is 0 Å². The normalized spacial score (nSPS) is 12.3. The number of unbranched alkanes of at least 4 members (excludes halogenated alkanes) is 3. The first-order chi connectivity index (χ1) is 11.0. The maximum Gasteiger partial charge on any atom is 0.453 e. The highest BCUT2D eigenvalue weighted by molar-refractivity contribution is 5.67. The van der Waals surface area contributed by atoms with Crippen molar-refractivity contribution >= 4 is 6.09 Å². The molecule has 24 heavy (non-hydrogen) atoms. The molecule has 0 fully saturated rings. The first kappa shape index (κ1) is 20.2. The van der Waals surface area contributed by atoms with Gasteiger partial charge in [-0.2, -0.15) is 13.2 Å². The van der Waals surface area contributed by atoms with E-state index >= 15 is 0 Å². The Balaban J connectivity index is 2.75. The second-order valence-corrected chi connectivity index (χ2v) is 6.49. The van der Waals surface area contributed by atoms with Crippen molar-refractivity contribution < 1.29 is 22.7 Å². The van der Waals surface area contributed by atoms with Crippen molar-refractivity contribution in [1.29, 1.82) is 0 Å². The third kappa shape index (κ3) is 7.18. The second-order valence-electron chi connectivity index (χ2n) is 6.49. The molecule has 0 aliphatic rings. The molecule has 9 heteroatoms. The van der Waals surface area contributed by atoms with E-state index in [0.29, 0.717) is 13.0 Å². The maximum atomic E-state index is 12.8. The molecule has 1 N–H and O–H groups in total. The summed E-state index contributed by atoms with van der Waals surface area (Å²) in [5, 5.41) is 5.93. The van der Waals surface area contributed by atoms with Gasteiger partial charge in [-0.25, -0.2) is 14.5 Å². The van der Waals surface area contributed by atoms with Crippen molar-refractivity contribution in [3.8, 4) is 0 Å². The lowest BCUT2D eigenvalue weighted by Crippen LogP contribution is -2.32. The molecule has 0 atom stereocenters. The van der Waals surface area contributed by atoms with E-state index in [1.54, 1.807) is 20.8 Å². The van der Waals surface area contributed by atoms with Crippen LogP contribution in [0.2, 0.25) is 0 Å². The largest absolute Gasteiger partial charge is 0.453 e. The minimum absolute atomic E-state index is 0.0599.